The van der Waals surface area contributed by atoms with Gasteiger partial charge in [0.25, 0.3) is 6.43 Å². The number of hydrogen-bond acceptors (Lipinski definition) is 3. The van der Waals surface area contributed by atoms with Gasteiger partial charge in [-0.15, -0.1) is 0 Å². The number of fused-ring (bicyclic) bond motifs is 1. The molecule has 0 unspecified atom stereocenters. The highest BCUT2D eigenvalue weighted by Gasteiger charge is 2.32. The van der Waals surface area contributed by atoms with E-state index in [9.17, 15) is 13.2 Å². The molecule has 0 radical (unpaired) electrons. The molecule has 0 aliphatic carbocycles. The van der Waals surface area contributed by atoms with Crippen molar-refractivity contribution in [2.75, 3.05) is 18.5 Å². The van der Waals surface area contributed by atoms with Crippen LogP contribution in [0, 0.1) is 12.7 Å². The Morgan fingerprint density at radius 1 is 1.24 bits per heavy atom. The Balaban J connectivity index is 2.20. The Kier molecular flexibility index (Phi) is 4.31. The van der Waals surface area contributed by atoms with Gasteiger partial charge < -0.3 is 4.90 Å². The number of likely N-dealkylation sites (N-methyl/N-ethyl adjacent to an activating group) is 1. The molecule has 0 fully saturated rings. The fraction of sp³-hybridized carbons (Fsp3) is 0.368. The van der Waals surface area contributed by atoms with Gasteiger partial charge >= 0.3 is 0 Å². The fourth-order valence-corrected chi connectivity index (χ4v) is 3.00. The zero-order valence-electron chi connectivity index (χ0n) is 14.6. The number of benzene rings is 1. The fourth-order valence-electron chi connectivity index (χ4n) is 3.00. The van der Waals surface area contributed by atoms with Crippen LogP contribution in [0.2, 0.25) is 0 Å². The van der Waals surface area contributed by atoms with E-state index < -0.39 is 6.43 Å². The third-order valence-corrected chi connectivity index (χ3v) is 4.71. The second kappa shape index (κ2) is 6.17. The molecule has 0 saturated carbocycles. The van der Waals surface area contributed by atoms with Crippen LogP contribution >= 0.6 is 0 Å². The van der Waals surface area contributed by atoms with Crippen LogP contribution in [0.15, 0.2) is 35.5 Å². The SMILES string of the molecule is Cc1cc(C2=NCC(C)(C)N(C)c3c(F)cccc32)cnc1C(F)F. The molecule has 2 aromatic rings. The number of benzodiazepines with no additional fused rings is 1. The smallest absolute Gasteiger partial charge is 0.280 e. The molecule has 3 nitrogen and oxygen atoms in total. The molecule has 0 bridgehead atoms. The first kappa shape index (κ1) is 17.5. The number of pyridine rings is 1. The monoisotopic (exact) mass is 347 g/mol. The molecule has 6 heteroatoms. The number of rotatable bonds is 2. The molecule has 3 rings (SSSR count). The molecule has 1 aliphatic heterocycles. The van der Waals surface area contributed by atoms with Crippen LogP contribution in [0.25, 0.3) is 0 Å². The van der Waals surface area contributed by atoms with E-state index in [-0.39, 0.29) is 17.1 Å². The number of hydrogen-bond donors (Lipinski definition) is 0. The molecule has 132 valence electrons. The van der Waals surface area contributed by atoms with Crippen LogP contribution in [-0.2, 0) is 0 Å². The first-order valence-corrected chi connectivity index (χ1v) is 8.04. The van der Waals surface area contributed by atoms with E-state index in [0.717, 1.165) is 0 Å². The highest BCUT2D eigenvalue weighted by Crippen LogP contribution is 2.34. The maximum absolute atomic E-state index is 14.6. The van der Waals surface area contributed by atoms with Crippen LogP contribution in [0.4, 0.5) is 18.9 Å². The lowest BCUT2D eigenvalue weighted by Crippen LogP contribution is -2.43. The summed E-state index contributed by atoms with van der Waals surface area (Å²) < 4.78 is 40.5. The predicted molar refractivity (Wildman–Crippen MR) is 93.3 cm³/mol. The third kappa shape index (κ3) is 3.01. The summed E-state index contributed by atoms with van der Waals surface area (Å²) in [5, 5.41) is 0. The minimum absolute atomic E-state index is 0.241. The van der Waals surface area contributed by atoms with Crippen LogP contribution in [0.3, 0.4) is 0 Å². The van der Waals surface area contributed by atoms with E-state index in [1.54, 1.807) is 25.1 Å². The molecule has 25 heavy (non-hydrogen) atoms. The van der Waals surface area contributed by atoms with Gasteiger partial charge in [-0.1, -0.05) is 12.1 Å². The number of para-hydroxylation sites is 1. The molecule has 0 saturated heterocycles. The number of aryl methyl sites for hydroxylation is 1. The average Bonchev–Trinajstić information content (AvgIpc) is 2.63. The average molecular weight is 347 g/mol. The molecule has 1 aromatic carbocycles. The Morgan fingerprint density at radius 3 is 2.60 bits per heavy atom. The van der Waals surface area contributed by atoms with Gasteiger partial charge in [-0.3, -0.25) is 9.98 Å². The summed E-state index contributed by atoms with van der Waals surface area (Å²) in [6.45, 7) is 6.01. The number of halogens is 3. The van der Waals surface area contributed by atoms with Gasteiger partial charge in [-0.25, -0.2) is 13.2 Å². The molecule has 0 amide bonds. The molecule has 0 atom stereocenters. The largest absolute Gasteiger partial charge is 0.365 e. The van der Waals surface area contributed by atoms with E-state index in [1.807, 2.05) is 25.8 Å². The van der Waals surface area contributed by atoms with Gasteiger partial charge in [0, 0.05) is 24.4 Å². The van der Waals surface area contributed by atoms with Gasteiger partial charge in [0.1, 0.15) is 11.5 Å². The van der Waals surface area contributed by atoms with Crippen molar-refractivity contribution in [3.8, 4) is 0 Å². The van der Waals surface area contributed by atoms with Crippen LogP contribution < -0.4 is 4.90 Å². The third-order valence-electron chi connectivity index (χ3n) is 4.71. The highest BCUT2D eigenvalue weighted by atomic mass is 19.3. The van der Waals surface area contributed by atoms with E-state index in [1.165, 1.54) is 12.3 Å². The van der Waals surface area contributed by atoms with Crippen LogP contribution in [0.1, 0.15) is 42.7 Å². The van der Waals surface area contributed by atoms with E-state index in [2.05, 4.69) is 9.98 Å². The molecule has 1 aromatic heterocycles. The number of aromatic nitrogens is 1. The second-order valence-corrected chi connectivity index (χ2v) is 6.90. The van der Waals surface area contributed by atoms with Crippen molar-refractivity contribution in [3.63, 3.8) is 0 Å². The normalized spacial score (nSPS) is 16.5. The summed E-state index contributed by atoms with van der Waals surface area (Å²) in [5.41, 5.74) is 2.05. The highest BCUT2D eigenvalue weighted by molar-refractivity contribution is 6.16. The number of anilines is 1. The minimum atomic E-state index is -2.63. The Bertz CT molecular complexity index is 844. The van der Waals surface area contributed by atoms with Gasteiger partial charge in [0.15, 0.2) is 0 Å². The molecule has 2 heterocycles. The lowest BCUT2D eigenvalue weighted by Gasteiger charge is -2.35. The zero-order chi connectivity index (χ0) is 18.4. The second-order valence-electron chi connectivity index (χ2n) is 6.90. The van der Waals surface area contributed by atoms with Crippen molar-refractivity contribution in [2.45, 2.75) is 32.7 Å². The summed E-state index contributed by atoms with van der Waals surface area (Å²) >= 11 is 0. The van der Waals surface area contributed by atoms with Gasteiger partial charge in [0.05, 0.1) is 23.5 Å². The topological polar surface area (TPSA) is 28.5 Å². The van der Waals surface area contributed by atoms with Crippen LogP contribution in [0.5, 0.6) is 0 Å². The van der Waals surface area contributed by atoms with Gasteiger partial charge in [0.2, 0.25) is 0 Å². The molecule has 1 aliphatic rings. The van der Waals surface area contributed by atoms with Crippen molar-refractivity contribution in [1.29, 1.82) is 0 Å². The Labute approximate surface area is 145 Å². The van der Waals surface area contributed by atoms with Crippen molar-refractivity contribution in [1.82, 2.24) is 4.98 Å². The molecule has 0 spiro atoms. The van der Waals surface area contributed by atoms with Gasteiger partial charge in [-0.05, 0) is 38.5 Å². The van der Waals surface area contributed by atoms with Crippen molar-refractivity contribution >= 4 is 11.4 Å². The summed E-state index contributed by atoms with van der Waals surface area (Å²) in [6, 6.07) is 6.48. The summed E-state index contributed by atoms with van der Waals surface area (Å²) in [6.07, 6.45) is -1.24. The van der Waals surface area contributed by atoms with Crippen molar-refractivity contribution in [2.24, 2.45) is 4.99 Å². The van der Waals surface area contributed by atoms with Gasteiger partial charge in [-0.2, -0.15) is 0 Å². The summed E-state index contributed by atoms with van der Waals surface area (Å²) in [4.78, 5) is 10.4. The Morgan fingerprint density at radius 2 is 1.96 bits per heavy atom. The van der Waals surface area contributed by atoms with Crippen molar-refractivity contribution in [3.05, 3.63) is 58.7 Å². The molecule has 0 N–H and O–H groups in total. The Hall–Kier alpha value is -2.37. The molecular weight excluding hydrogens is 327 g/mol. The summed E-state index contributed by atoms with van der Waals surface area (Å²) in [5.74, 6) is -0.337. The first-order valence-electron chi connectivity index (χ1n) is 8.04. The quantitative estimate of drug-likeness (QED) is 0.798. The number of alkyl halides is 2. The van der Waals surface area contributed by atoms with Crippen molar-refractivity contribution < 1.29 is 13.2 Å². The molecular formula is C19H20F3N3. The summed E-state index contributed by atoms with van der Waals surface area (Å²) in [7, 11) is 1.84. The maximum atomic E-state index is 14.6. The lowest BCUT2D eigenvalue weighted by atomic mass is 9.98. The minimum Gasteiger partial charge on any atom is -0.365 e. The lowest BCUT2D eigenvalue weighted by molar-refractivity contribution is 0.145. The standard InChI is InChI=1S/C19H20F3N3/c1-11-8-12(9-23-15(11)18(21)22)16-13-6-5-7-14(20)17(13)25(4)19(2,3)10-24-16/h5-9,18H,10H2,1-4H3. The predicted octanol–water partition coefficient (Wildman–Crippen LogP) is 4.53. The number of nitrogens with zero attached hydrogens (tertiary/aromatic N) is 3. The first-order chi connectivity index (χ1) is 11.7. The van der Waals surface area contributed by atoms with E-state index in [0.29, 0.717) is 34.6 Å². The zero-order valence-corrected chi connectivity index (χ0v) is 14.6. The maximum Gasteiger partial charge on any atom is 0.280 e. The van der Waals surface area contributed by atoms with E-state index in [4.69, 9.17) is 0 Å². The van der Waals surface area contributed by atoms with E-state index >= 15 is 0 Å². The van der Waals surface area contributed by atoms with Crippen LogP contribution in [-0.4, -0.2) is 29.8 Å². The number of aliphatic imine (C=N–C) groups is 1.